The van der Waals surface area contributed by atoms with Crippen LogP contribution in [0.25, 0.3) is 0 Å². The third-order valence-electron chi connectivity index (χ3n) is 3.41. The molecule has 130 valence electrons. The van der Waals surface area contributed by atoms with Crippen molar-refractivity contribution < 1.29 is 9.53 Å². The van der Waals surface area contributed by atoms with Gasteiger partial charge in [0.2, 0.25) is 5.13 Å². The summed E-state index contributed by atoms with van der Waals surface area (Å²) in [6.45, 7) is 6.27. The zero-order valence-electron chi connectivity index (χ0n) is 14.1. The Kier molecular flexibility index (Phi) is 7.17. The number of unbranched alkanes of at least 4 members (excludes halogenated alkanes) is 1. The second-order valence-electron chi connectivity index (χ2n) is 5.78. The molecule has 2 rings (SSSR count). The molecule has 1 heterocycles. The summed E-state index contributed by atoms with van der Waals surface area (Å²) in [4.78, 5) is 12.1. The van der Waals surface area contributed by atoms with E-state index in [4.69, 9.17) is 4.74 Å². The average molecular weight is 412 g/mol. The van der Waals surface area contributed by atoms with Crippen LogP contribution < -0.4 is 10.1 Å². The first kappa shape index (κ1) is 18.9. The highest BCUT2D eigenvalue weighted by molar-refractivity contribution is 9.10. The normalized spacial score (nSPS) is 10.9. The van der Waals surface area contributed by atoms with Crippen LogP contribution in [-0.2, 0) is 11.2 Å². The molecule has 0 atom stereocenters. The first-order chi connectivity index (χ1) is 11.5. The maximum absolute atomic E-state index is 12.1. The number of carbonyl (C=O) groups excluding carboxylic acids is 1. The Bertz CT molecular complexity index is 688. The van der Waals surface area contributed by atoms with E-state index in [1.807, 2.05) is 18.2 Å². The van der Waals surface area contributed by atoms with Gasteiger partial charge < -0.3 is 4.74 Å². The summed E-state index contributed by atoms with van der Waals surface area (Å²) in [6, 6.07) is 5.80. The van der Waals surface area contributed by atoms with Crippen LogP contribution in [0.5, 0.6) is 5.75 Å². The fourth-order valence-corrected chi connectivity index (χ4v) is 3.31. The van der Waals surface area contributed by atoms with Gasteiger partial charge in [-0.25, -0.2) is 0 Å². The Morgan fingerprint density at radius 2 is 2.17 bits per heavy atom. The van der Waals surface area contributed by atoms with Crippen molar-refractivity contribution in [3.8, 4) is 5.75 Å². The minimum Gasteiger partial charge on any atom is -0.483 e. The molecule has 0 aliphatic rings. The number of benzene rings is 1. The summed E-state index contributed by atoms with van der Waals surface area (Å²) in [5.74, 6) is 0.805. The Morgan fingerprint density at radius 1 is 1.38 bits per heavy atom. The molecule has 1 aromatic carbocycles. The number of anilines is 1. The number of ether oxygens (including phenoxy) is 1. The smallest absolute Gasteiger partial charge is 0.264 e. The maximum atomic E-state index is 12.1. The third-order valence-corrected chi connectivity index (χ3v) is 4.80. The molecule has 1 amide bonds. The van der Waals surface area contributed by atoms with Crippen LogP contribution in [0.4, 0.5) is 5.13 Å². The first-order valence-electron chi connectivity index (χ1n) is 8.04. The summed E-state index contributed by atoms with van der Waals surface area (Å²) in [6.07, 6.45) is 3.09. The summed E-state index contributed by atoms with van der Waals surface area (Å²) in [5.41, 5.74) is 1.06. The number of hydrogen-bond donors (Lipinski definition) is 1. The van der Waals surface area contributed by atoms with Gasteiger partial charge in [0.15, 0.2) is 6.61 Å². The number of nitrogens with zero attached hydrogens (tertiary/aromatic N) is 2. The Labute approximate surface area is 155 Å². The zero-order chi connectivity index (χ0) is 17.5. The predicted molar refractivity (Wildman–Crippen MR) is 101 cm³/mol. The minimum absolute atomic E-state index is 0.0504. The van der Waals surface area contributed by atoms with Crippen LogP contribution >= 0.6 is 27.3 Å². The van der Waals surface area contributed by atoms with E-state index in [9.17, 15) is 4.79 Å². The van der Waals surface area contributed by atoms with Crippen LogP contribution in [0.3, 0.4) is 0 Å². The maximum Gasteiger partial charge on any atom is 0.264 e. The lowest BCUT2D eigenvalue weighted by atomic mass is 10.0. The third kappa shape index (κ3) is 5.56. The SMILES string of the molecule is CCCCc1nnc(NC(=O)COc2ccc(Br)cc2C(C)C)s1. The first-order valence-corrected chi connectivity index (χ1v) is 9.65. The van der Waals surface area contributed by atoms with Crippen LogP contribution in [0.15, 0.2) is 22.7 Å². The van der Waals surface area contributed by atoms with Gasteiger partial charge in [-0.05, 0) is 36.1 Å². The van der Waals surface area contributed by atoms with Crippen molar-refractivity contribution in [2.45, 2.75) is 46.0 Å². The molecule has 5 nitrogen and oxygen atoms in total. The molecule has 0 saturated carbocycles. The van der Waals surface area contributed by atoms with Gasteiger partial charge in [0.05, 0.1) is 0 Å². The average Bonchev–Trinajstić information content (AvgIpc) is 2.98. The number of carbonyl (C=O) groups is 1. The molecule has 0 saturated heterocycles. The Morgan fingerprint density at radius 3 is 2.88 bits per heavy atom. The molecule has 0 bridgehead atoms. The molecule has 1 N–H and O–H groups in total. The molecule has 0 unspecified atom stereocenters. The fraction of sp³-hybridized carbons (Fsp3) is 0.471. The van der Waals surface area contributed by atoms with Crippen molar-refractivity contribution in [3.63, 3.8) is 0 Å². The lowest BCUT2D eigenvalue weighted by Crippen LogP contribution is -2.20. The fourth-order valence-electron chi connectivity index (χ4n) is 2.13. The highest BCUT2D eigenvalue weighted by atomic mass is 79.9. The van der Waals surface area contributed by atoms with Crippen LogP contribution in [0.2, 0.25) is 0 Å². The second-order valence-corrected chi connectivity index (χ2v) is 7.76. The van der Waals surface area contributed by atoms with E-state index in [0.717, 1.165) is 40.1 Å². The van der Waals surface area contributed by atoms with E-state index in [0.29, 0.717) is 11.0 Å². The van der Waals surface area contributed by atoms with Crippen molar-refractivity contribution in [1.82, 2.24) is 10.2 Å². The van der Waals surface area contributed by atoms with Gasteiger partial charge in [-0.1, -0.05) is 54.5 Å². The summed E-state index contributed by atoms with van der Waals surface area (Å²) < 4.78 is 6.68. The Balaban J connectivity index is 1.90. The van der Waals surface area contributed by atoms with Crippen molar-refractivity contribution in [2.75, 3.05) is 11.9 Å². The van der Waals surface area contributed by atoms with Gasteiger partial charge in [-0.3, -0.25) is 10.1 Å². The Hall–Kier alpha value is -1.47. The number of aromatic nitrogens is 2. The lowest BCUT2D eigenvalue weighted by Gasteiger charge is -2.14. The zero-order valence-corrected chi connectivity index (χ0v) is 16.5. The van der Waals surface area contributed by atoms with E-state index in [2.05, 4.69) is 52.2 Å². The molecular formula is C17H22BrN3O2S. The molecule has 7 heteroatoms. The van der Waals surface area contributed by atoms with Crippen molar-refractivity contribution in [2.24, 2.45) is 0 Å². The molecule has 0 fully saturated rings. The molecule has 0 radical (unpaired) electrons. The molecule has 0 spiro atoms. The van der Waals surface area contributed by atoms with Gasteiger partial charge >= 0.3 is 0 Å². The number of aryl methyl sites for hydroxylation is 1. The largest absolute Gasteiger partial charge is 0.483 e. The molecule has 2 aromatic rings. The quantitative estimate of drug-likeness (QED) is 0.678. The van der Waals surface area contributed by atoms with E-state index < -0.39 is 0 Å². The molecule has 0 aliphatic heterocycles. The van der Waals surface area contributed by atoms with Gasteiger partial charge in [0.1, 0.15) is 10.8 Å². The predicted octanol–water partition coefficient (Wildman–Crippen LogP) is 4.78. The highest BCUT2D eigenvalue weighted by Gasteiger charge is 2.12. The monoisotopic (exact) mass is 411 g/mol. The van der Waals surface area contributed by atoms with Crippen molar-refractivity contribution in [1.29, 1.82) is 0 Å². The topological polar surface area (TPSA) is 64.1 Å². The lowest BCUT2D eigenvalue weighted by molar-refractivity contribution is -0.118. The van der Waals surface area contributed by atoms with E-state index in [1.54, 1.807) is 0 Å². The highest BCUT2D eigenvalue weighted by Crippen LogP contribution is 2.29. The number of rotatable bonds is 8. The second kappa shape index (κ2) is 9.13. The van der Waals surface area contributed by atoms with Gasteiger partial charge in [0, 0.05) is 10.9 Å². The standard InChI is InChI=1S/C17H22BrN3O2S/c1-4-5-6-16-20-21-17(24-16)19-15(22)10-23-14-8-7-12(18)9-13(14)11(2)3/h7-9,11H,4-6,10H2,1-3H3,(H,19,21,22). The summed E-state index contributed by atoms with van der Waals surface area (Å²) >= 11 is 4.88. The molecule has 1 aromatic heterocycles. The van der Waals surface area contributed by atoms with Crippen LogP contribution in [0.1, 0.15) is 50.1 Å². The van der Waals surface area contributed by atoms with E-state index in [-0.39, 0.29) is 12.5 Å². The number of amides is 1. The number of hydrogen-bond acceptors (Lipinski definition) is 5. The minimum atomic E-state index is -0.231. The van der Waals surface area contributed by atoms with Crippen molar-refractivity contribution >= 4 is 38.3 Å². The van der Waals surface area contributed by atoms with Crippen molar-refractivity contribution in [3.05, 3.63) is 33.2 Å². The number of nitrogens with one attached hydrogen (secondary N) is 1. The van der Waals surface area contributed by atoms with Crippen LogP contribution in [0, 0.1) is 0 Å². The molecule has 24 heavy (non-hydrogen) atoms. The summed E-state index contributed by atoms with van der Waals surface area (Å²) in [5, 5.41) is 12.3. The van der Waals surface area contributed by atoms with Gasteiger partial charge in [-0.15, -0.1) is 10.2 Å². The molecule has 0 aliphatic carbocycles. The number of halogens is 1. The van der Waals surface area contributed by atoms with E-state index in [1.165, 1.54) is 11.3 Å². The molecular weight excluding hydrogens is 390 g/mol. The van der Waals surface area contributed by atoms with Gasteiger partial charge in [0.25, 0.3) is 5.91 Å². The van der Waals surface area contributed by atoms with Crippen LogP contribution in [-0.4, -0.2) is 22.7 Å². The van der Waals surface area contributed by atoms with Gasteiger partial charge in [-0.2, -0.15) is 0 Å². The van der Waals surface area contributed by atoms with E-state index >= 15 is 0 Å². The summed E-state index contributed by atoms with van der Waals surface area (Å²) in [7, 11) is 0.